The molecule has 0 unspecified atom stereocenters. The van der Waals surface area contributed by atoms with Gasteiger partial charge in [-0.3, -0.25) is 9.89 Å². The van der Waals surface area contributed by atoms with E-state index in [1.54, 1.807) is 6.26 Å². The minimum Gasteiger partial charge on any atom is -0.467 e. The zero-order chi connectivity index (χ0) is 14.9. The van der Waals surface area contributed by atoms with Crippen LogP contribution in [0.25, 0.3) is 0 Å². The zero-order valence-corrected chi connectivity index (χ0v) is 12.1. The van der Waals surface area contributed by atoms with E-state index in [1.807, 2.05) is 19.1 Å². The predicted molar refractivity (Wildman–Crippen MR) is 75.7 cm³/mol. The molecule has 2 aromatic heterocycles. The van der Waals surface area contributed by atoms with Crippen molar-refractivity contribution in [2.75, 3.05) is 13.2 Å². The highest BCUT2D eigenvalue weighted by Crippen LogP contribution is 2.01. The number of carbonyl (C=O) groups is 1. The van der Waals surface area contributed by atoms with Crippen LogP contribution in [-0.4, -0.2) is 34.2 Å². The molecule has 7 heteroatoms. The quantitative estimate of drug-likeness (QED) is 0.686. The molecule has 1 amide bonds. The van der Waals surface area contributed by atoms with Crippen LogP contribution >= 0.6 is 0 Å². The van der Waals surface area contributed by atoms with Crippen molar-refractivity contribution in [2.45, 2.75) is 32.8 Å². The van der Waals surface area contributed by atoms with E-state index in [9.17, 15) is 4.79 Å². The summed E-state index contributed by atoms with van der Waals surface area (Å²) in [6.45, 7) is 3.57. The number of furan rings is 1. The number of aromatic nitrogens is 3. The average molecular weight is 292 g/mol. The Morgan fingerprint density at radius 2 is 2.43 bits per heavy atom. The summed E-state index contributed by atoms with van der Waals surface area (Å²) in [5.74, 6) is 1.46. The molecule has 0 aliphatic rings. The third-order valence-electron chi connectivity index (χ3n) is 2.80. The normalized spacial score (nSPS) is 10.7. The second kappa shape index (κ2) is 8.21. The number of H-pyrrole nitrogens is 1. The molecule has 0 saturated heterocycles. The summed E-state index contributed by atoms with van der Waals surface area (Å²) in [4.78, 5) is 15.9. The molecule has 21 heavy (non-hydrogen) atoms. The van der Waals surface area contributed by atoms with Crippen LogP contribution in [0.3, 0.4) is 0 Å². The average Bonchev–Trinajstić information content (AvgIpc) is 3.14. The van der Waals surface area contributed by atoms with Gasteiger partial charge < -0.3 is 14.5 Å². The minimum absolute atomic E-state index is 0.190. The van der Waals surface area contributed by atoms with Gasteiger partial charge in [-0.25, -0.2) is 4.98 Å². The van der Waals surface area contributed by atoms with Gasteiger partial charge in [0.05, 0.1) is 6.26 Å². The maximum atomic E-state index is 11.8. The van der Waals surface area contributed by atoms with Crippen molar-refractivity contribution in [1.29, 1.82) is 0 Å². The predicted octanol–water partition coefficient (Wildman–Crippen LogP) is 1.69. The third kappa shape index (κ3) is 5.03. The van der Waals surface area contributed by atoms with E-state index in [1.165, 1.54) is 0 Å². The second-order valence-electron chi connectivity index (χ2n) is 4.60. The Hall–Kier alpha value is -2.15. The third-order valence-corrected chi connectivity index (χ3v) is 2.80. The Morgan fingerprint density at radius 1 is 1.52 bits per heavy atom. The van der Waals surface area contributed by atoms with E-state index >= 15 is 0 Å². The lowest BCUT2D eigenvalue weighted by Gasteiger charge is -2.03. The monoisotopic (exact) mass is 292 g/mol. The highest BCUT2D eigenvalue weighted by molar-refractivity contribution is 5.90. The van der Waals surface area contributed by atoms with Crippen LogP contribution in [0.1, 0.15) is 42.0 Å². The van der Waals surface area contributed by atoms with Crippen LogP contribution in [0.5, 0.6) is 0 Å². The number of carbonyl (C=O) groups excluding carboxylic acids is 1. The molecule has 2 aromatic rings. The molecule has 2 heterocycles. The van der Waals surface area contributed by atoms with Gasteiger partial charge in [0.1, 0.15) is 18.2 Å². The molecule has 114 valence electrons. The summed E-state index contributed by atoms with van der Waals surface area (Å²) in [5, 5.41) is 9.41. The summed E-state index contributed by atoms with van der Waals surface area (Å²) >= 11 is 0. The van der Waals surface area contributed by atoms with Crippen LogP contribution in [0, 0.1) is 0 Å². The van der Waals surface area contributed by atoms with E-state index in [4.69, 9.17) is 9.15 Å². The van der Waals surface area contributed by atoms with Gasteiger partial charge in [0.2, 0.25) is 5.82 Å². The number of aromatic amines is 1. The number of amides is 1. The number of hydrogen-bond donors (Lipinski definition) is 2. The largest absolute Gasteiger partial charge is 0.467 e. The van der Waals surface area contributed by atoms with Gasteiger partial charge >= 0.3 is 0 Å². The van der Waals surface area contributed by atoms with Gasteiger partial charge in [-0.2, -0.15) is 0 Å². The molecule has 7 nitrogen and oxygen atoms in total. The number of rotatable bonds is 9. The van der Waals surface area contributed by atoms with Gasteiger partial charge in [-0.15, -0.1) is 5.10 Å². The van der Waals surface area contributed by atoms with Crippen molar-refractivity contribution in [3.63, 3.8) is 0 Å². The fourth-order valence-electron chi connectivity index (χ4n) is 1.77. The Bertz CT molecular complexity index is 536. The van der Waals surface area contributed by atoms with Crippen LogP contribution in [0.4, 0.5) is 0 Å². The first-order valence-electron chi connectivity index (χ1n) is 7.09. The molecule has 0 spiro atoms. The van der Waals surface area contributed by atoms with Gasteiger partial charge in [0, 0.05) is 19.6 Å². The Kier molecular flexibility index (Phi) is 5.96. The summed E-state index contributed by atoms with van der Waals surface area (Å²) < 4.78 is 10.6. The molecule has 0 aliphatic heterocycles. The lowest BCUT2D eigenvalue weighted by molar-refractivity contribution is 0.0909. The van der Waals surface area contributed by atoms with Crippen molar-refractivity contribution < 1.29 is 13.9 Å². The first-order chi connectivity index (χ1) is 10.3. The van der Waals surface area contributed by atoms with Gasteiger partial charge in [-0.1, -0.05) is 6.92 Å². The highest BCUT2D eigenvalue weighted by atomic mass is 16.5. The fraction of sp³-hybridized carbons (Fsp3) is 0.500. The first kappa shape index (κ1) is 15.2. The second-order valence-corrected chi connectivity index (χ2v) is 4.60. The van der Waals surface area contributed by atoms with Gasteiger partial charge in [0.15, 0.2) is 0 Å². The number of aryl methyl sites for hydroxylation is 1. The van der Waals surface area contributed by atoms with Gasteiger partial charge in [-0.05, 0) is 25.0 Å². The smallest absolute Gasteiger partial charge is 0.290 e. The molecule has 0 aromatic carbocycles. The maximum absolute atomic E-state index is 11.8. The SMILES string of the molecule is CCCc1nc(C(=O)NCCCOCc2ccco2)n[nH]1. The van der Waals surface area contributed by atoms with E-state index in [2.05, 4.69) is 20.5 Å². The van der Waals surface area contributed by atoms with E-state index in [0.29, 0.717) is 19.8 Å². The van der Waals surface area contributed by atoms with E-state index in [0.717, 1.165) is 30.8 Å². The van der Waals surface area contributed by atoms with Crippen molar-refractivity contribution in [1.82, 2.24) is 20.5 Å². The lowest BCUT2D eigenvalue weighted by atomic mass is 10.3. The molecule has 0 saturated carbocycles. The number of ether oxygens (including phenoxy) is 1. The van der Waals surface area contributed by atoms with Crippen LogP contribution in [0.15, 0.2) is 22.8 Å². The highest BCUT2D eigenvalue weighted by Gasteiger charge is 2.11. The summed E-state index contributed by atoms with van der Waals surface area (Å²) in [7, 11) is 0. The molecule has 0 bridgehead atoms. The molecular weight excluding hydrogens is 272 g/mol. The molecule has 2 N–H and O–H groups in total. The Morgan fingerprint density at radius 3 is 3.19 bits per heavy atom. The fourth-order valence-corrected chi connectivity index (χ4v) is 1.77. The minimum atomic E-state index is -0.264. The molecule has 0 radical (unpaired) electrons. The van der Waals surface area contributed by atoms with Crippen LogP contribution < -0.4 is 5.32 Å². The Labute approximate surface area is 123 Å². The maximum Gasteiger partial charge on any atom is 0.290 e. The van der Waals surface area contributed by atoms with E-state index < -0.39 is 0 Å². The number of nitrogens with zero attached hydrogens (tertiary/aromatic N) is 2. The summed E-state index contributed by atoms with van der Waals surface area (Å²) in [5.41, 5.74) is 0. The standard InChI is InChI=1S/C14H20N4O3/c1-2-5-12-16-13(18-17-12)14(19)15-7-4-8-20-10-11-6-3-9-21-11/h3,6,9H,2,4-5,7-8,10H2,1H3,(H,15,19)(H,16,17,18). The number of nitrogens with one attached hydrogen (secondary N) is 2. The topological polar surface area (TPSA) is 93.0 Å². The van der Waals surface area contributed by atoms with Crippen molar-refractivity contribution in [3.8, 4) is 0 Å². The number of hydrogen-bond acceptors (Lipinski definition) is 5. The molecule has 0 fully saturated rings. The van der Waals surface area contributed by atoms with Crippen LogP contribution in [-0.2, 0) is 17.8 Å². The van der Waals surface area contributed by atoms with Crippen molar-refractivity contribution in [3.05, 3.63) is 35.8 Å². The zero-order valence-electron chi connectivity index (χ0n) is 12.1. The van der Waals surface area contributed by atoms with Crippen LogP contribution in [0.2, 0.25) is 0 Å². The molecule has 0 aliphatic carbocycles. The van der Waals surface area contributed by atoms with Crippen molar-refractivity contribution >= 4 is 5.91 Å². The molecular formula is C14H20N4O3. The van der Waals surface area contributed by atoms with Crippen molar-refractivity contribution in [2.24, 2.45) is 0 Å². The lowest BCUT2D eigenvalue weighted by Crippen LogP contribution is -2.26. The summed E-state index contributed by atoms with van der Waals surface area (Å²) in [6.07, 6.45) is 4.09. The summed E-state index contributed by atoms with van der Waals surface area (Å²) in [6, 6.07) is 3.68. The van der Waals surface area contributed by atoms with E-state index in [-0.39, 0.29) is 11.7 Å². The molecule has 0 atom stereocenters. The van der Waals surface area contributed by atoms with Gasteiger partial charge in [0.25, 0.3) is 5.91 Å². The molecule has 2 rings (SSSR count). The Balaban J connectivity index is 1.58. The first-order valence-corrected chi connectivity index (χ1v) is 7.09.